The lowest BCUT2D eigenvalue weighted by Crippen LogP contribution is -2.27. The molecular weight excluding hydrogens is 406 g/mol. The summed E-state index contributed by atoms with van der Waals surface area (Å²) in [6, 6.07) is 6.44. The van der Waals surface area contributed by atoms with Crippen molar-refractivity contribution in [1.29, 1.82) is 0 Å². The number of ether oxygens (including phenoxy) is 1. The van der Waals surface area contributed by atoms with E-state index in [1.54, 1.807) is 25.1 Å². The van der Waals surface area contributed by atoms with Crippen molar-refractivity contribution < 1.29 is 14.3 Å². The van der Waals surface area contributed by atoms with Gasteiger partial charge < -0.3 is 15.0 Å². The van der Waals surface area contributed by atoms with Gasteiger partial charge in [0, 0.05) is 18.8 Å². The molecule has 158 valence electrons. The maximum absolute atomic E-state index is 12.8. The average molecular weight is 430 g/mol. The Morgan fingerprint density at radius 1 is 1.23 bits per heavy atom. The molecular formula is C20H23N5O4S. The van der Waals surface area contributed by atoms with Crippen LogP contribution in [0.25, 0.3) is 10.3 Å². The molecule has 0 aliphatic heterocycles. The van der Waals surface area contributed by atoms with Gasteiger partial charge in [0.25, 0.3) is 5.56 Å². The highest BCUT2D eigenvalue weighted by Crippen LogP contribution is 2.24. The zero-order chi connectivity index (χ0) is 21.7. The lowest BCUT2D eigenvalue weighted by molar-refractivity contribution is -0.116. The third-order valence-electron chi connectivity index (χ3n) is 4.38. The Hall–Kier alpha value is -3.27. The monoisotopic (exact) mass is 429 g/mol. The molecule has 10 heteroatoms. The highest BCUT2D eigenvalue weighted by atomic mass is 32.1. The van der Waals surface area contributed by atoms with Crippen LogP contribution in [0, 0.1) is 0 Å². The summed E-state index contributed by atoms with van der Waals surface area (Å²) < 4.78 is 6.62. The van der Waals surface area contributed by atoms with E-state index >= 15 is 0 Å². The lowest BCUT2D eigenvalue weighted by Gasteiger charge is -2.15. The van der Waals surface area contributed by atoms with E-state index in [9.17, 15) is 14.4 Å². The van der Waals surface area contributed by atoms with Gasteiger partial charge in [0.15, 0.2) is 10.8 Å². The second-order valence-corrected chi connectivity index (χ2v) is 7.33. The number of hydrogen-bond donors (Lipinski definition) is 1. The largest absolute Gasteiger partial charge is 0.462 e. The quantitative estimate of drug-likeness (QED) is 0.548. The summed E-state index contributed by atoms with van der Waals surface area (Å²) in [5.74, 6) is -0.874. The van der Waals surface area contributed by atoms with E-state index in [1.807, 2.05) is 18.7 Å². The van der Waals surface area contributed by atoms with Crippen molar-refractivity contribution in [2.75, 3.05) is 29.9 Å². The number of anilines is 2. The molecule has 0 fully saturated rings. The Morgan fingerprint density at radius 3 is 2.70 bits per heavy atom. The molecule has 1 amide bonds. The molecule has 3 rings (SSSR count). The molecule has 0 radical (unpaired) electrons. The van der Waals surface area contributed by atoms with E-state index in [2.05, 4.69) is 15.3 Å². The molecule has 0 unspecified atom stereocenters. The van der Waals surface area contributed by atoms with Crippen LogP contribution >= 0.6 is 11.3 Å². The van der Waals surface area contributed by atoms with Crippen molar-refractivity contribution >= 4 is 44.4 Å². The van der Waals surface area contributed by atoms with E-state index in [1.165, 1.54) is 28.3 Å². The minimum atomic E-state index is -0.464. The van der Waals surface area contributed by atoms with Gasteiger partial charge in [-0.1, -0.05) is 17.4 Å². The smallest absolute Gasteiger partial charge is 0.338 e. The maximum Gasteiger partial charge on any atom is 0.338 e. The van der Waals surface area contributed by atoms with E-state index in [0.717, 1.165) is 18.2 Å². The number of carbonyl (C=O) groups is 2. The Labute approximate surface area is 177 Å². The molecule has 0 spiro atoms. The first-order valence-electron chi connectivity index (χ1n) is 9.64. The van der Waals surface area contributed by atoms with E-state index < -0.39 is 11.9 Å². The molecule has 30 heavy (non-hydrogen) atoms. The predicted molar refractivity (Wildman–Crippen MR) is 116 cm³/mol. The third kappa shape index (κ3) is 4.65. The summed E-state index contributed by atoms with van der Waals surface area (Å²) in [5, 5.41) is 3.42. The van der Waals surface area contributed by atoms with Crippen LogP contribution in [0.3, 0.4) is 0 Å². The fourth-order valence-corrected chi connectivity index (χ4v) is 3.97. The Kier molecular flexibility index (Phi) is 6.78. The van der Waals surface area contributed by atoms with Crippen LogP contribution in [0.4, 0.5) is 10.8 Å². The molecule has 2 aromatic heterocycles. The highest BCUT2D eigenvalue weighted by Gasteiger charge is 2.15. The molecule has 0 saturated heterocycles. The van der Waals surface area contributed by atoms with Gasteiger partial charge >= 0.3 is 5.97 Å². The minimum Gasteiger partial charge on any atom is -0.462 e. The van der Waals surface area contributed by atoms with Crippen molar-refractivity contribution in [2.24, 2.45) is 0 Å². The number of benzene rings is 1. The number of nitrogens with one attached hydrogen (secondary N) is 1. The van der Waals surface area contributed by atoms with Crippen LogP contribution in [0.1, 0.15) is 31.1 Å². The first kappa shape index (κ1) is 21.4. The van der Waals surface area contributed by atoms with Gasteiger partial charge in [-0.2, -0.15) is 4.98 Å². The Morgan fingerprint density at radius 2 is 2.00 bits per heavy atom. The van der Waals surface area contributed by atoms with Gasteiger partial charge in [0.2, 0.25) is 5.91 Å². The highest BCUT2D eigenvalue weighted by molar-refractivity contribution is 7.22. The van der Waals surface area contributed by atoms with E-state index in [0.29, 0.717) is 21.6 Å². The van der Waals surface area contributed by atoms with Crippen LogP contribution in [-0.4, -0.2) is 46.1 Å². The minimum absolute atomic E-state index is 0.204. The van der Waals surface area contributed by atoms with Gasteiger partial charge in [-0.3, -0.25) is 14.2 Å². The van der Waals surface area contributed by atoms with Crippen molar-refractivity contribution in [1.82, 2.24) is 14.5 Å². The van der Waals surface area contributed by atoms with Crippen LogP contribution in [0.2, 0.25) is 0 Å². The normalized spacial score (nSPS) is 10.8. The number of amides is 1. The van der Waals surface area contributed by atoms with Gasteiger partial charge in [-0.25, -0.2) is 9.78 Å². The van der Waals surface area contributed by atoms with Crippen LogP contribution in [0.15, 0.2) is 35.4 Å². The molecule has 0 aliphatic rings. The second-order valence-electron chi connectivity index (χ2n) is 6.35. The molecule has 0 saturated carbocycles. The van der Waals surface area contributed by atoms with Crippen LogP contribution in [-0.2, 0) is 16.1 Å². The molecule has 1 N–H and O–H groups in total. The number of hydrogen-bond acceptors (Lipinski definition) is 8. The topological polar surface area (TPSA) is 106 Å². The summed E-state index contributed by atoms with van der Waals surface area (Å²) in [4.78, 5) is 47.8. The van der Waals surface area contributed by atoms with Crippen molar-refractivity contribution in [2.45, 2.75) is 27.3 Å². The average Bonchev–Trinajstić information content (AvgIpc) is 3.16. The number of carbonyl (C=O) groups excluding carboxylic acids is 2. The molecule has 1 aromatic carbocycles. The van der Waals surface area contributed by atoms with Gasteiger partial charge in [-0.15, -0.1) is 0 Å². The first-order chi connectivity index (χ1) is 14.5. The molecule has 2 heterocycles. The summed E-state index contributed by atoms with van der Waals surface area (Å²) in [6.07, 6.45) is 1.32. The maximum atomic E-state index is 12.8. The number of esters is 1. The number of fused-ring (bicyclic) bond motifs is 1. The van der Waals surface area contributed by atoms with Gasteiger partial charge in [0.1, 0.15) is 17.6 Å². The molecule has 3 aromatic rings. The first-order valence-corrected chi connectivity index (χ1v) is 10.5. The van der Waals surface area contributed by atoms with Crippen LogP contribution < -0.4 is 15.8 Å². The van der Waals surface area contributed by atoms with Gasteiger partial charge in [-0.05, 0) is 39.0 Å². The predicted octanol–water partition coefficient (Wildman–Crippen LogP) is 2.51. The number of thiazole rings is 1. The third-order valence-corrected chi connectivity index (χ3v) is 5.47. The summed E-state index contributed by atoms with van der Waals surface area (Å²) in [5.41, 5.74) is 0.842. The SMILES string of the molecule is CCOC(=O)c1cccc(NC(=O)Cn2cnc3nc(N(CC)CC)sc3c2=O)c1. The summed E-state index contributed by atoms with van der Waals surface area (Å²) in [6.45, 7) is 7.37. The van der Waals surface area contributed by atoms with Crippen molar-refractivity contribution in [3.63, 3.8) is 0 Å². The summed E-state index contributed by atoms with van der Waals surface area (Å²) in [7, 11) is 0. The number of aromatic nitrogens is 3. The van der Waals surface area contributed by atoms with Crippen molar-refractivity contribution in [3.05, 3.63) is 46.5 Å². The molecule has 0 aliphatic carbocycles. The standard InChI is InChI=1S/C20H23N5O4S/c1-4-24(5-2)20-23-17-16(30-20)18(27)25(12-21-17)11-15(26)22-14-9-7-8-13(10-14)19(28)29-6-3/h7-10,12H,4-6,11H2,1-3H3,(H,22,26). The van der Waals surface area contributed by atoms with E-state index in [4.69, 9.17) is 4.74 Å². The molecule has 9 nitrogen and oxygen atoms in total. The zero-order valence-corrected chi connectivity index (χ0v) is 17.9. The second kappa shape index (κ2) is 9.49. The van der Waals surface area contributed by atoms with Crippen LogP contribution in [0.5, 0.6) is 0 Å². The number of nitrogens with zero attached hydrogens (tertiary/aromatic N) is 4. The fraction of sp³-hybridized carbons (Fsp3) is 0.350. The number of rotatable bonds is 8. The molecule has 0 atom stereocenters. The fourth-order valence-electron chi connectivity index (χ4n) is 2.87. The Balaban J connectivity index is 1.77. The zero-order valence-electron chi connectivity index (χ0n) is 17.0. The molecule has 0 bridgehead atoms. The summed E-state index contributed by atoms with van der Waals surface area (Å²) >= 11 is 1.27. The van der Waals surface area contributed by atoms with Crippen molar-refractivity contribution in [3.8, 4) is 0 Å². The van der Waals surface area contributed by atoms with Gasteiger partial charge in [0.05, 0.1) is 12.2 Å². The van der Waals surface area contributed by atoms with E-state index in [-0.39, 0.29) is 18.7 Å². The lowest BCUT2D eigenvalue weighted by atomic mass is 10.2. The Bertz CT molecular complexity index is 1120.